The number of benzene rings is 1. The van der Waals surface area contributed by atoms with Gasteiger partial charge in [0.25, 0.3) is 5.91 Å². The molecule has 1 aliphatic heterocycles. The lowest BCUT2D eigenvalue weighted by Crippen LogP contribution is -2.61. The third-order valence-corrected chi connectivity index (χ3v) is 10.4. The molecule has 4 rings (SSSR count). The first-order chi connectivity index (χ1) is 24.0. The second-order valence-electron chi connectivity index (χ2n) is 16.1. The van der Waals surface area contributed by atoms with Gasteiger partial charge in [0, 0.05) is 32.5 Å². The lowest BCUT2D eigenvalue weighted by Gasteiger charge is -2.37. The van der Waals surface area contributed by atoms with Crippen LogP contribution in [0.4, 0.5) is 4.79 Å². The number of alkyl carbamates (subject to hydrolysis) is 1. The van der Waals surface area contributed by atoms with E-state index in [4.69, 9.17) is 27.9 Å². The third-order valence-electron chi connectivity index (χ3n) is 9.32. The molecule has 0 spiro atoms. The van der Waals surface area contributed by atoms with Crippen LogP contribution >= 0.6 is 23.2 Å². The normalized spacial score (nSPS) is 22.1. The van der Waals surface area contributed by atoms with Crippen LogP contribution in [-0.2, 0) is 33.5 Å². The van der Waals surface area contributed by atoms with E-state index in [-0.39, 0.29) is 24.8 Å². The minimum atomic E-state index is -1.29. The van der Waals surface area contributed by atoms with Gasteiger partial charge in [0.15, 0.2) is 0 Å². The molecule has 1 heterocycles. The van der Waals surface area contributed by atoms with E-state index in [1.54, 1.807) is 86.0 Å². The van der Waals surface area contributed by atoms with Gasteiger partial charge in [0.2, 0.25) is 29.4 Å². The van der Waals surface area contributed by atoms with E-state index >= 15 is 0 Å². The SMILES string of the molecule is CN(C)C(=O)C(NC(=O)CNC(=O)C(=O)C(CC1CC1)NC(=O)[C@@H]1[C@@H]2[C@H](CN1C(=O)[C@@H](NC(=O)OC(C)(C)C)C(C)(C)C)C2(Cl)Cl)c1ccccc1. The van der Waals surface area contributed by atoms with Crippen molar-refractivity contribution in [1.29, 1.82) is 0 Å². The number of rotatable bonds is 13. The summed E-state index contributed by atoms with van der Waals surface area (Å²) in [5.41, 5.74) is -1.08. The summed E-state index contributed by atoms with van der Waals surface area (Å²) in [6, 6.07) is 4.02. The Kier molecular flexibility index (Phi) is 12.3. The second-order valence-corrected chi connectivity index (χ2v) is 17.6. The first-order valence-electron chi connectivity index (χ1n) is 17.4. The number of ketones is 1. The molecule has 16 heteroatoms. The quantitative estimate of drug-likeness (QED) is 0.175. The third kappa shape index (κ3) is 9.94. The summed E-state index contributed by atoms with van der Waals surface area (Å²) < 4.78 is 4.10. The number of carbonyl (C=O) groups is 7. The molecule has 52 heavy (non-hydrogen) atoms. The molecule has 3 fully saturated rings. The van der Waals surface area contributed by atoms with Crippen LogP contribution < -0.4 is 21.3 Å². The monoisotopic (exact) mass is 764 g/mol. The van der Waals surface area contributed by atoms with Crippen molar-refractivity contribution in [2.75, 3.05) is 27.2 Å². The minimum Gasteiger partial charge on any atom is -0.444 e. The first kappa shape index (κ1) is 40.9. The van der Waals surface area contributed by atoms with Gasteiger partial charge in [0.1, 0.15) is 28.1 Å². The average molecular weight is 766 g/mol. The number of amides is 6. The first-order valence-corrected chi connectivity index (χ1v) is 18.1. The van der Waals surface area contributed by atoms with E-state index < -0.39 is 93.4 Å². The Balaban J connectivity index is 1.46. The molecule has 14 nitrogen and oxygen atoms in total. The molecule has 0 bridgehead atoms. The standard InChI is InChI=1S/C36H50Cl2N6O8/c1-34(2,3)28(42-33(51)52-35(4,5)6)32(50)44-18-21-24(36(21,37)38)26(44)29(47)40-22(16-19-14-15-19)27(46)30(48)39-17-23(45)41-25(31(49)43(7)8)20-12-10-9-11-13-20/h9-13,19,21-22,24-26,28H,14-18H2,1-8H3,(H,39,48)(H,40,47)(H,41,45)(H,42,51)/t21-,22?,24-,25?,26-,28+/m0/s1. The number of piperidine rings is 1. The lowest BCUT2D eigenvalue weighted by molar-refractivity contribution is -0.145. The van der Waals surface area contributed by atoms with Gasteiger partial charge in [-0.3, -0.25) is 28.8 Å². The van der Waals surface area contributed by atoms with Crippen molar-refractivity contribution < 1.29 is 38.3 Å². The van der Waals surface area contributed by atoms with E-state index in [2.05, 4.69) is 21.3 Å². The van der Waals surface area contributed by atoms with Crippen molar-refractivity contribution in [1.82, 2.24) is 31.1 Å². The topological polar surface area (TPSA) is 183 Å². The molecular weight excluding hydrogens is 715 g/mol. The summed E-state index contributed by atoms with van der Waals surface area (Å²) in [5, 5.41) is 10.3. The van der Waals surface area contributed by atoms with Gasteiger partial charge in [-0.25, -0.2) is 4.79 Å². The van der Waals surface area contributed by atoms with Crippen LogP contribution in [0.2, 0.25) is 0 Å². The van der Waals surface area contributed by atoms with Gasteiger partial charge in [0.05, 0.1) is 12.6 Å². The summed E-state index contributed by atoms with van der Waals surface area (Å²) in [6.07, 6.45) is 0.979. The van der Waals surface area contributed by atoms with E-state index in [1.165, 1.54) is 9.80 Å². The van der Waals surface area contributed by atoms with Crippen LogP contribution in [0.25, 0.3) is 0 Å². The number of fused-ring (bicyclic) bond motifs is 1. The molecule has 2 unspecified atom stereocenters. The van der Waals surface area contributed by atoms with E-state index in [0.29, 0.717) is 5.56 Å². The Bertz CT molecular complexity index is 1570. The summed E-state index contributed by atoms with van der Waals surface area (Å²) in [4.78, 5) is 95.8. The fourth-order valence-corrected chi connectivity index (χ4v) is 7.18. The van der Waals surface area contributed by atoms with Crippen molar-refractivity contribution in [3.8, 4) is 0 Å². The maximum Gasteiger partial charge on any atom is 0.408 e. The molecule has 1 aromatic rings. The van der Waals surface area contributed by atoms with Gasteiger partial charge >= 0.3 is 6.09 Å². The van der Waals surface area contributed by atoms with Crippen molar-refractivity contribution in [2.45, 2.75) is 94.9 Å². The Labute approximate surface area is 314 Å². The number of ether oxygens (including phenoxy) is 1. The highest BCUT2D eigenvalue weighted by molar-refractivity contribution is 6.51. The lowest BCUT2D eigenvalue weighted by atomic mass is 9.85. The largest absolute Gasteiger partial charge is 0.444 e. The minimum absolute atomic E-state index is 0.0360. The van der Waals surface area contributed by atoms with E-state index in [9.17, 15) is 33.6 Å². The summed E-state index contributed by atoms with van der Waals surface area (Å²) >= 11 is 13.1. The maximum atomic E-state index is 14.1. The number of hydrogen-bond donors (Lipinski definition) is 4. The molecule has 3 aliphatic rings. The van der Waals surface area contributed by atoms with Crippen LogP contribution in [0.1, 0.15) is 72.4 Å². The number of likely N-dealkylation sites (tertiary alicyclic amines) is 1. The zero-order chi connectivity index (χ0) is 38.9. The molecule has 1 aromatic carbocycles. The smallest absolute Gasteiger partial charge is 0.408 e. The molecular formula is C36H50Cl2N6O8. The summed E-state index contributed by atoms with van der Waals surface area (Å²) in [7, 11) is 3.10. The van der Waals surface area contributed by atoms with Gasteiger partial charge in [-0.1, -0.05) is 63.9 Å². The fraction of sp³-hybridized carbons (Fsp3) is 0.639. The molecule has 286 valence electrons. The molecule has 1 saturated heterocycles. The van der Waals surface area contributed by atoms with Crippen LogP contribution in [0.15, 0.2) is 30.3 Å². The number of carbonyl (C=O) groups excluding carboxylic acids is 7. The summed E-state index contributed by atoms with van der Waals surface area (Å²) in [5.74, 6) is -5.43. The van der Waals surface area contributed by atoms with Gasteiger partial charge in [-0.05, 0) is 44.1 Å². The number of likely N-dealkylation sites (N-methyl/N-ethyl adjacent to an activating group) is 1. The van der Waals surface area contributed by atoms with Crippen LogP contribution in [-0.4, -0.2) is 106 Å². The number of Topliss-reactive ketones (excluding diaryl/α,β-unsaturated/α-hetero) is 1. The molecule has 6 amide bonds. The molecule has 4 N–H and O–H groups in total. The maximum absolute atomic E-state index is 14.1. The fourth-order valence-electron chi connectivity index (χ4n) is 6.36. The predicted octanol–water partition coefficient (Wildman–Crippen LogP) is 2.47. The van der Waals surface area contributed by atoms with E-state index in [1.807, 2.05) is 0 Å². The van der Waals surface area contributed by atoms with Crippen molar-refractivity contribution in [3.63, 3.8) is 0 Å². The Hall–Kier alpha value is -3.91. The highest BCUT2D eigenvalue weighted by Gasteiger charge is 2.74. The molecule has 2 aliphatic carbocycles. The Morgan fingerprint density at radius 2 is 1.56 bits per heavy atom. The van der Waals surface area contributed by atoms with Crippen molar-refractivity contribution >= 4 is 64.6 Å². The number of alkyl halides is 2. The summed E-state index contributed by atoms with van der Waals surface area (Å²) in [6.45, 7) is 9.80. The van der Waals surface area contributed by atoms with Gasteiger partial charge in [-0.2, -0.15) is 0 Å². The van der Waals surface area contributed by atoms with Gasteiger partial charge in [-0.15, -0.1) is 23.2 Å². The Morgan fingerprint density at radius 3 is 2.10 bits per heavy atom. The number of nitrogens with one attached hydrogen (secondary N) is 4. The number of hydrogen-bond acceptors (Lipinski definition) is 8. The highest BCUT2D eigenvalue weighted by Crippen LogP contribution is 2.65. The van der Waals surface area contributed by atoms with Crippen LogP contribution in [0.3, 0.4) is 0 Å². The predicted molar refractivity (Wildman–Crippen MR) is 193 cm³/mol. The number of halogens is 2. The van der Waals surface area contributed by atoms with Crippen LogP contribution in [0, 0.1) is 23.2 Å². The zero-order valence-electron chi connectivity index (χ0n) is 30.9. The molecule has 0 radical (unpaired) electrons. The Morgan fingerprint density at radius 1 is 0.942 bits per heavy atom. The van der Waals surface area contributed by atoms with Gasteiger partial charge < -0.3 is 35.8 Å². The molecule has 2 saturated carbocycles. The second kappa shape index (κ2) is 15.6. The van der Waals surface area contributed by atoms with Crippen LogP contribution in [0.5, 0.6) is 0 Å². The van der Waals surface area contributed by atoms with E-state index in [0.717, 1.165) is 12.8 Å². The van der Waals surface area contributed by atoms with Crippen molar-refractivity contribution in [3.05, 3.63) is 35.9 Å². The molecule has 6 atom stereocenters. The number of nitrogens with zero attached hydrogens (tertiary/aromatic N) is 2. The van der Waals surface area contributed by atoms with Crippen molar-refractivity contribution in [2.24, 2.45) is 23.2 Å². The average Bonchev–Trinajstić information content (AvgIpc) is 3.90. The zero-order valence-corrected chi connectivity index (χ0v) is 32.4. The molecule has 0 aromatic heterocycles. The highest BCUT2D eigenvalue weighted by atomic mass is 35.5.